The zero-order valence-electron chi connectivity index (χ0n) is 10.1. The van der Waals surface area contributed by atoms with Crippen molar-refractivity contribution in [2.24, 2.45) is 0 Å². The maximum absolute atomic E-state index is 12.0. The standard InChI is InChI=1S/C11H13N3O3S2/c1-7-10(18-11(15)14-7)19(16,17)13-6-8-3-2-4-9(12)5-8/h2-5,13H,6,12H2,1H3,(H,14,15). The Labute approximate surface area is 114 Å². The van der Waals surface area contributed by atoms with Crippen molar-refractivity contribution < 1.29 is 8.42 Å². The Hall–Kier alpha value is -1.64. The molecule has 2 aromatic rings. The quantitative estimate of drug-likeness (QED) is 0.726. The van der Waals surface area contributed by atoms with E-state index in [0.29, 0.717) is 22.7 Å². The van der Waals surface area contributed by atoms with Crippen molar-refractivity contribution in [3.8, 4) is 0 Å². The molecule has 0 bridgehead atoms. The van der Waals surface area contributed by atoms with Gasteiger partial charge in [0.05, 0.1) is 0 Å². The third-order valence-corrected chi connectivity index (χ3v) is 5.45. The van der Waals surface area contributed by atoms with Gasteiger partial charge in [0.1, 0.15) is 0 Å². The second kappa shape index (κ2) is 5.16. The van der Waals surface area contributed by atoms with E-state index in [9.17, 15) is 13.2 Å². The van der Waals surface area contributed by atoms with Gasteiger partial charge < -0.3 is 10.7 Å². The lowest BCUT2D eigenvalue weighted by Gasteiger charge is -2.06. The number of aryl methyl sites for hydroxylation is 1. The molecule has 0 aliphatic carbocycles. The zero-order chi connectivity index (χ0) is 14.0. The Kier molecular flexibility index (Phi) is 3.74. The number of thiazole rings is 1. The molecule has 1 heterocycles. The molecule has 0 atom stereocenters. The highest BCUT2D eigenvalue weighted by Gasteiger charge is 2.20. The first-order valence-corrected chi connectivity index (χ1v) is 7.72. The van der Waals surface area contributed by atoms with E-state index in [2.05, 4.69) is 9.71 Å². The fourth-order valence-corrected chi connectivity index (χ4v) is 3.95. The Morgan fingerprint density at radius 1 is 1.42 bits per heavy atom. The van der Waals surface area contributed by atoms with Crippen LogP contribution in [0.15, 0.2) is 33.3 Å². The summed E-state index contributed by atoms with van der Waals surface area (Å²) in [5.74, 6) is 0. The number of nitrogens with two attached hydrogens (primary N) is 1. The number of rotatable bonds is 4. The third-order valence-electron chi connectivity index (χ3n) is 2.44. The number of anilines is 1. The van der Waals surface area contributed by atoms with Gasteiger partial charge in [0, 0.05) is 17.9 Å². The number of hydrogen-bond acceptors (Lipinski definition) is 5. The fraction of sp³-hybridized carbons (Fsp3) is 0.182. The van der Waals surface area contributed by atoms with Crippen molar-refractivity contribution in [1.29, 1.82) is 0 Å². The molecule has 0 saturated carbocycles. The van der Waals surface area contributed by atoms with Gasteiger partial charge in [-0.1, -0.05) is 23.5 Å². The van der Waals surface area contributed by atoms with Crippen LogP contribution in [0.4, 0.5) is 5.69 Å². The molecule has 0 spiro atoms. The Morgan fingerprint density at radius 3 is 2.74 bits per heavy atom. The van der Waals surface area contributed by atoms with Crippen molar-refractivity contribution in [3.63, 3.8) is 0 Å². The highest BCUT2D eigenvalue weighted by atomic mass is 32.2. The van der Waals surface area contributed by atoms with Gasteiger partial charge in [0.15, 0.2) is 4.21 Å². The monoisotopic (exact) mass is 299 g/mol. The maximum Gasteiger partial charge on any atom is 0.305 e. The molecular weight excluding hydrogens is 286 g/mol. The van der Waals surface area contributed by atoms with Gasteiger partial charge in [-0.2, -0.15) is 0 Å². The molecule has 102 valence electrons. The Bertz CT molecular complexity index is 747. The van der Waals surface area contributed by atoms with Gasteiger partial charge in [0.2, 0.25) is 0 Å². The smallest absolute Gasteiger partial charge is 0.305 e. The molecule has 0 saturated heterocycles. The van der Waals surface area contributed by atoms with Gasteiger partial charge in [-0.3, -0.25) is 4.79 Å². The summed E-state index contributed by atoms with van der Waals surface area (Å²) >= 11 is 0.673. The van der Waals surface area contributed by atoms with E-state index in [0.717, 1.165) is 5.56 Å². The molecule has 19 heavy (non-hydrogen) atoms. The number of hydrogen-bond donors (Lipinski definition) is 3. The summed E-state index contributed by atoms with van der Waals surface area (Å²) in [6.45, 7) is 1.67. The number of H-pyrrole nitrogens is 1. The first kappa shape index (κ1) is 13.8. The molecule has 0 aliphatic rings. The average Bonchev–Trinajstić information content (AvgIpc) is 2.67. The molecule has 0 radical (unpaired) electrons. The van der Waals surface area contributed by atoms with Crippen molar-refractivity contribution in [2.45, 2.75) is 17.7 Å². The predicted molar refractivity (Wildman–Crippen MR) is 74.6 cm³/mol. The van der Waals surface area contributed by atoms with Crippen LogP contribution >= 0.6 is 11.3 Å². The van der Waals surface area contributed by atoms with Crippen molar-refractivity contribution in [3.05, 3.63) is 45.2 Å². The maximum atomic E-state index is 12.0. The number of nitrogen functional groups attached to an aromatic ring is 1. The normalized spacial score (nSPS) is 11.6. The molecule has 0 fully saturated rings. The zero-order valence-corrected chi connectivity index (χ0v) is 11.8. The van der Waals surface area contributed by atoms with E-state index in [1.807, 2.05) is 0 Å². The van der Waals surface area contributed by atoms with Gasteiger partial charge in [0.25, 0.3) is 10.0 Å². The van der Waals surface area contributed by atoms with E-state index in [1.54, 1.807) is 31.2 Å². The van der Waals surface area contributed by atoms with E-state index < -0.39 is 10.0 Å². The van der Waals surface area contributed by atoms with Crippen molar-refractivity contribution in [2.75, 3.05) is 5.73 Å². The molecule has 6 nitrogen and oxygen atoms in total. The summed E-state index contributed by atoms with van der Waals surface area (Å²) in [7, 11) is -3.68. The number of nitrogens with one attached hydrogen (secondary N) is 2. The summed E-state index contributed by atoms with van der Waals surface area (Å²) in [5, 5.41) is 0. The lowest BCUT2D eigenvalue weighted by molar-refractivity contribution is 0.582. The Morgan fingerprint density at radius 2 is 2.16 bits per heavy atom. The summed E-state index contributed by atoms with van der Waals surface area (Å²) in [4.78, 5) is 13.2. The van der Waals surface area contributed by atoms with Gasteiger partial charge in [-0.15, -0.1) is 0 Å². The van der Waals surface area contributed by atoms with Crippen LogP contribution < -0.4 is 15.3 Å². The molecule has 8 heteroatoms. The highest BCUT2D eigenvalue weighted by molar-refractivity contribution is 7.91. The summed E-state index contributed by atoms with van der Waals surface area (Å²) in [6.07, 6.45) is 0. The van der Waals surface area contributed by atoms with Crippen LogP contribution in [-0.2, 0) is 16.6 Å². The first-order valence-electron chi connectivity index (χ1n) is 5.42. The second-order valence-corrected chi connectivity index (χ2v) is 6.94. The number of benzene rings is 1. The number of aromatic nitrogens is 1. The highest BCUT2D eigenvalue weighted by Crippen LogP contribution is 2.16. The molecule has 0 amide bonds. The lowest BCUT2D eigenvalue weighted by atomic mass is 10.2. The molecule has 2 rings (SSSR count). The number of aromatic amines is 1. The molecule has 0 unspecified atom stereocenters. The minimum absolute atomic E-state index is 0.0152. The van der Waals surface area contributed by atoms with E-state index in [1.165, 1.54) is 0 Å². The molecular formula is C11H13N3O3S2. The predicted octanol–water partition coefficient (Wildman–Crippen LogP) is 0.806. The van der Waals surface area contributed by atoms with Crippen LogP contribution in [-0.4, -0.2) is 13.4 Å². The van der Waals surface area contributed by atoms with E-state index in [-0.39, 0.29) is 15.6 Å². The largest absolute Gasteiger partial charge is 0.399 e. The van der Waals surface area contributed by atoms with Crippen LogP contribution in [0.2, 0.25) is 0 Å². The van der Waals surface area contributed by atoms with Gasteiger partial charge in [-0.25, -0.2) is 13.1 Å². The minimum Gasteiger partial charge on any atom is -0.399 e. The second-order valence-electron chi connectivity index (χ2n) is 4.00. The van der Waals surface area contributed by atoms with Crippen LogP contribution in [0.3, 0.4) is 0 Å². The van der Waals surface area contributed by atoms with Gasteiger partial charge >= 0.3 is 4.87 Å². The van der Waals surface area contributed by atoms with E-state index in [4.69, 9.17) is 5.73 Å². The van der Waals surface area contributed by atoms with Crippen LogP contribution in [0.5, 0.6) is 0 Å². The van der Waals surface area contributed by atoms with Crippen molar-refractivity contribution in [1.82, 2.24) is 9.71 Å². The molecule has 1 aromatic heterocycles. The first-order chi connectivity index (χ1) is 8.88. The molecule has 1 aromatic carbocycles. The molecule has 4 N–H and O–H groups in total. The summed E-state index contributed by atoms with van der Waals surface area (Å²) in [5.41, 5.74) is 7.28. The lowest BCUT2D eigenvalue weighted by Crippen LogP contribution is -2.23. The summed E-state index contributed by atoms with van der Waals surface area (Å²) in [6, 6.07) is 6.93. The molecule has 0 aliphatic heterocycles. The van der Waals surface area contributed by atoms with Crippen LogP contribution in [0.25, 0.3) is 0 Å². The topological polar surface area (TPSA) is 105 Å². The van der Waals surface area contributed by atoms with E-state index >= 15 is 0 Å². The van der Waals surface area contributed by atoms with Gasteiger partial charge in [-0.05, 0) is 24.6 Å². The number of sulfonamides is 1. The SMILES string of the molecule is Cc1[nH]c(=O)sc1S(=O)(=O)NCc1cccc(N)c1. The van der Waals surface area contributed by atoms with Crippen LogP contribution in [0.1, 0.15) is 11.3 Å². The summed E-state index contributed by atoms with van der Waals surface area (Å²) < 4.78 is 26.5. The third kappa shape index (κ3) is 3.22. The Balaban J connectivity index is 2.19. The fourth-order valence-electron chi connectivity index (χ4n) is 1.59. The minimum atomic E-state index is -3.68. The average molecular weight is 299 g/mol. The van der Waals surface area contributed by atoms with Crippen molar-refractivity contribution >= 4 is 27.0 Å². The van der Waals surface area contributed by atoms with Crippen LogP contribution in [0, 0.1) is 6.92 Å².